The second-order valence-corrected chi connectivity index (χ2v) is 6.83. The normalized spacial score (nSPS) is 18.6. The molecule has 6 nitrogen and oxygen atoms in total. The number of methoxy groups -OCH3 is 2. The summed E-state index contributed by atoms with van der Waals surface area (Å²) in [6, 6.07) is 11.0. The molecule has 0 aromatic heterocycles. The van der Waals surface area contributed by atoms with Crippen molar-refractivity contribution in [2.45, 2.75) is 19.8 Å². The molecule has 0 radical (unpaired) electrons. The zero-order chi connectivity index (χ0) is 20.1. The summed E-state index contributed by atoms with van der Waals surface area (Å²) in [5.74, 6) is 1.51. The van der Waals surface area contributed by atoms with Gasteiger partial charge in [0, 0.05) is 5.92 Å². The number of phenols is 1. The number of rotatable bonds is 8. The van der Waals surface area contributed by atoms with Crippen LogP contribution in [0.2, 0.25) is 0 Å². The summed E-state index contributed by atoms with van der Waals surface area (Å²) < 4.78 is 21.5. The average Bonchev–Trinajstić information content (AvgIpc) is 3.03. The van der Waals surface area contributed by atoms with E-state index in [0.717, 1.165) is 11.1 Å². The molecule has 1 aliphatic rings. The van der Waals surface area contributed by atoms with Gasteiger partial charge < -0.3 is 24.1 Å². The van der Waals surface area contributed by atoms with Gasteiger partial charge in [-0.15, -0.1) is 0 Å². The lowest BCUT2D eigenvalue weighted by molar-refractivity contribution is -0.141. The number of esters is 1. The van der Waals surface area contributed by atoms with Gasteiger partial charge in [-0.3, -0.25) is 4.79 Å². The summed E-state index contributed by atoms with van der Waals surface area (Å²) in [6.45, 7) is 2.88. The first-order chi connectivity index (χ1) is 13.5. The van der Waals surface area contributed by atoms with Gasteiger partial charge in [0.25, 0.3) is 0 Å². The zero-order valence-corrected chi connectivity index (χ0v) is 16.4. The van der Waals surface area contributed by atoms with Crippen molar-refractivity contribution in [1.82, 2.24) is 0 Å². The molecule has 1 aliphatic heterocycles. The van der Waals surface area contributed by atoms with Crippen molar-refractivity contribution in [3.8, 4) is 23.0 Å². The molecule has 0 bridgehead atoms. The number of carbonyl (C=O) groups excluding carboxylic acids is 1. The Morgan fingerprint density at radius 2 is 1.68 bits per heavy atom. The molecule has 1 N–H and O–H groups in total. The Hall–Kier alpha value is -2.89. The highest BCUT2D eigenvalue weighted by Gasteiger charge is 2.37. The van der Waals surface area contributed by atoms with Gasteiger partial charge in [0.2, 0.25) is 0 Å². The molecule has 0 amide bonds. The van der Waals surface area contributed by atoms with Crippen molar-refractivity contribution >= 4 is 5.97 Å². The summed E-state index contributed by atoms with van der Waals surface area (Å²) in [5.41, 5.74) is 1.99. The topological polar surface area (TPSA) is 74.2 Å². The molecular weight excluding hydrogens is 360 g/mol. The minimum Gasteiger partial charge on any atom is -0.504 e. The van der Waals surface area contributed by atoms with Crippen LogP contribution in [0.3, 0.4) is 0 Å². The maximum atomic E-state index is 12.3. The van der Waals surface area contributed by atoms with Crippen molar-refractivity contribution in [2.24, 2.45) is 11.8 Å². The molecular formula is C22H26O6. The van der Waals surface area contributed by atoms with Gasteiger partial charge in [-0.2, -0.15) is 0 Å². The maximum absolute atomic E-state index is 12.3. The van der Waals surface area contributed by atoms with E-state index in [0.29, 0.717) is 43.3 Å². The van der Waals surface area contributed by atoms with E-state index >= 15 is 0 Å². The van der Waals surface area contributed by atoms with Gasteiger partial charge in [0.15, 0.2) is 23.0 Å². The van der Waals surface area contributed by atoms with Crippen LogP contribution in [0.15, 0.2) is 36.4 Å². The van der Waals surface area contributed by atoms with E-state index in [1.54, 1.807) is 25.3 Å². The number of hydrogen-bond donors (Lipinski definition) is 1. The lowest BCUT2D eigenvalue weighted by Crippen LogP contribution is -2.20. The second kappa shape index (κ2) is 8.87. The van der Waals surface area contributed by atoms with Crippen LogP contribution in [0.25, 0.3) is 0 Å². The molecule has 2 atom stereocenters. The fraction of sp³-hybridized carbons (Fsp3) is 0.409. The van der Waals surface area contributed by atoms with Gasteiger partial charge in [-0.1, -0.05) is 12.1 Å². The number of cyclic esters (lactones) is 1. The summed E-state index contributed by atoms with van der Waals surface area (Å²) in [7, 11) is 3.12. The summed E-state index contributed by atoms with van der Waals surface area (Å²) in [6.07, 6.45) is 1.24. The lowest BCUT2D eigenvalue weighted by atomic mass is 9.85. The van der Waals surface area contributed by atoms with E-state index in [-0.39, 0.29) is 23.6 Å². The van der Waals surface area contributed by atoms with Gasteiger partial charge in [-0.05, 0) is 55.2 Å². The van der Waals surface area contributed by atoms with E-state index in [4.69, 9.17) is 18.9 Å². The molecule has 0 unspecified atom stereocenters. The Morgan fingerprint density at radius 1 is 1.00 bits per heavy atom. The maximum Gasteiger partial charge on any atom is 0.309 e. The smallest absolute Gasteiger partial charge is 0.309 e. The minimum absolute atomic E-state index is 0.0650. The monoisotopic (exact) mass is 386 g/mol. The fourth-order valence-electron chi connectivity index (χ4n) is 3.58. The van der Waals surface area contributed by atoms with Crippen LogP contribution in [-0.4, -0.2) is 38.5 Å². The highest BCUT2D eigenvalue weighted by atomic mass is 16.5. The molecule has 3 rings (SSSR count). The van der Waals surface area contributed by atoms with Crippen molar-refractivity contribution in [2.75, 3.05) is 27.4 Å². The zero-order valence-electron chi connectivity index (χ0n) is 16.4. The molecule has 6 heteroatoms. The molecule has 0 aliphatic carbocycles. The number of hydrogen-bond acceptors (Lipinski definition) is 6. The first-order valence-corrected chi connectivity index (χ1v) is 9.38. The lowest BCUT2D eigenvalue weighted by Gasteiger charge is -2.17. The van der Waals surface area contributed by atoms with Crippen molar-refractivity contribution in [1.29, 1.82) is 0 Å². The van der Waals surface area contributed by atoms with E-state index in [1.807, 2.05) is 25.1 Å². The van der Waals surface area contributed by atoms with Gasteiger partial charge in [0.1, 0.15) is 0 Å². The first-order valence-electron chi connectivity index (χ1n) is 9.38. The number of benzene rings is 2. The number of ether oxygens (including phenoxy) is 4. The van der Waals surface area contributed by atoms with E-state index < -0.39 is 0 Å². The predicted octanol–water partition coefficient (Wildman–Crippen LogP) is 3.38. The molecule has 2 aromatic rings. The van der Waals surface area contributed by atoms with Gasteiger partial charge in [0.05, 0.1) is 33.4 Å². The third kappa shape index (κ3) is 4.32. The third-order valence-electron chi connectivity index (χ3n) is 5.04. The van der Waals surface area contributed by atoms with Crippen molar-refractivity contribution in [3.05, 3.63) is 47.5 Å². The first kappa shape index (κ1) is 19.9. The minimum atomic E-state index is -0.244. The Bertz CT molecular complexity index is 832. The molecule has 1 fully saturated rings. The number of carbonyl (C=O) groups is 1. The van der Waals surface area contributed by atoms with Crippen molar-refractivity contribution < 1.29 is 28.8 Å². The van der Waals surface area contributed by atoms with Crippen LogP contribution in [0, 0.1) is 11.8 Å². The van der Waals surface area contributed by atoms with Crippen LogP contribution >= 0.6 is 0 Å². The number of phenolic OH excluding ortho intramolecular Hbond substituents is 1. The fourth-order valence-corrected chi connectivity index (χ4v) is 3.58. The van der Waals surface area contributed by atoms with Gasteiger partial charge >= 0.3 is 5.97 Å². The Morgan fingerprint density at radius 3 is 2.39 bits per heavy atom. The van der Waals surface area contributed by atoms with E-state index in [1.165, 1.54) is 7.11 Å². The largest absolute Gasteiger partial charge is 0.504 e. The van der Waals surface area contributed by atoms with Crippen molar-refractivity contribution in [3.63, 3.8) is 0 Å². The van der Waals surface area contributed by atoms with Crippen LogP contribution in [0.4, 0.5) is 0 Å². The SMILES string of the molecule is CCOc1cc(C[C@H]2COC(=O)[C@@H]2Cc2ccc(O)c(OC)c2)ccc1OC. The van der Waals surface area contributed by atoms with Crippen LogP contribution in [-0.2, 0) is 22.4 Å². The number of aromatic hydroxyl groups is 1. The van der Waals surface area contributed by atoms with Crippen LogP contribution in [0.5, 0.6) is 23.0 Å². The summed E-state index contributed by atoms with van der Waals surface area (Å²) in [5, 5.41) is 9.77. The van der Waals surface area contributed by atoms with Gasteiger partial charge in [-0.25, -0.2) is 0 Å². The Labute approximate surface area is 165 Å². The standard InChI is InChI=1S/C22H26O6/c1-4-27-21-12-14(6-8-19(21)25-2)9-16-13-28-22(24)17(16)10-15-5-7-18(23)20(11-15)26-3/h5-8,11-12,16-17,23H,4,9-10,13H2,1-3H3/t16-,17+/m0/s1. The molecule has 150 valence electrons. The molecule has 0 spiro atoms. The Balaban J connectivity index is 1.76. The molecule has 1 saturated heterocycles. The van der Waals surface area contributed by atoms with E-state index in [9.17, 15) is 9.90 Å². The molecule has 28 heavy (non-hydrogen) atoms. The average molecular weight is 386 g/mol. The predicted molar refractivity (Wildman–Crippen MR) is 104 cm³/mol. The Kier molecular flexibility index (Phi) is 6.29. The molecule has 2 aromatic carbocycles. The highest BCUT2D eigenvalue weighted by molar-refractivity contribution is 5.75. The summed E-state index contributed by atoms with van der Waals surface area (Å²) in [4.78, 5) is 12.3. The molecule has 1 heterocycles. The quantitative estimate of drug-likeness (QED) is 0.701. The van der Waals surface area contributed by atoms with E-state index in [2.05, 4.69) is 0 Å². The highest BCUT2D eigenvalue weighted by Crippen LogP contribution is 2.34. The van der Waals surface area contributed by atoms with Crippen LogP contribution in [0.1, 0.15) is 18.1 Å². The second-order valence-electron chi connectivity index (χ2n) is 6.83. The molecule has 0 saturated carbocycles. The third-order valence-corrected chi connectivity index (χ3v) is 5.04. The summed E-state index contributed by atoms with van der Waals surface area (Å²) >= 11 is 0. The van der Waals surface area contributed by atoms with Crippen LogP contribution < -0.4 is 14.2 Å².